The molecule has 10 nitrogen and oxygen atoms in total. The second-order valence-corrected chi connectivity index (χ2v) is 7.34. The van der Waals surface area contributed by atoms with Crippen LogP contribution in [0.3, 0.4) is 0 Å². The summed E-state index contributed by atoms with van der Waals surface area (Å²) in [6, 6.07) is 1.26. The molecule has 0 atom stereocenters. The van der Waals surface area contributed by atoms with Crippen molar-refractivity contribution in [1.82, 2.24) is 0 Å². The van der Waals surface area contributed by atoms with E-state index in [1.165, 1.54) is 6.07 Å². The van der Waals surface area contributed by atoms with Crippen molar-refractivity contribution in [2.45, 2.75) is 0 Å². The predicted molar refractivity (Wildman–Crippen MR) is 105 cm³/mol. The molecule has 0 saturated heterocycles. The smallest absolute Gasteiger partial charge is 0.338 e. The van der Waals surface area contributed by atoms with E-state index >= 15 is 0 Å². The lowest BCUT2D eigenvalue weighted by Crippen LogP contribution is -2.37. The minimum atomic E-state index is -1.14. The van der Waals surface area contributed by atoms with Crippen LogP contribution in [0.5, 0.6) is 0 Å². The van der Waals surface area contributed by atoms with Gasteiger partial charge in [0.05, 0.1) is 42.5 Å². The lowest BCUT2D eigenvalue weighted by molar-refractivity contribution is -0.135. The average Bonchev–Trinajstić information content (AvgIpc) is 2.69. The Morgan fingerprint density at radius 2 is 1.10 bits per heavy atom. The van der Waals surface area contributed by atoms with Gasteiger partial charge in [-0.2, -0.15) is 0 Å². The molecule has 0 radical (unpaired) electrons. The largest absolute Gasteiger partial charge is 0.397 e. The van der Waals surface area contributed by atoms with E-state index in [1.807, 2.05) is 0 Å². The first-order chi connectivity index (χ1) is 14.1. The SMILES string of the molecule is Nc1cc2c(c(Cl)c1Nc1c(Cl)c(Cl)c3c(c1Cl)=NC(=O)C(=O)N=3)=NC(=O)C(=O)N=2. The molecule has 0 bridgehead atoms. The molecule has 0 saturated carbocycles. The molecule has 30 heavy (non-hydrogen) atoms. The Bertz CT molecular complexity index is 1500. The summed E-state index contributed by atoms with van der Waals surface area (Å²) in [5, 5.41) is 1.65. The van der Waals surface area contributed by atoms with Gasteiger partial charge in [0.2, 0.25) is 0 Å². The van der Waals surface area contributed by atoms with Gasteiger partial charge in [-0.1, -0.05) is 46.4 Å². The molecule has 0 fully saturated rings. The van der Waals surface area contributed by atoms with Crippen molar-refractivity contribution >= 4 is 87.1 Å². The molecule has 2 aromatic rings. The third kappa shape index (κ3) is 3.05. The number of nitrogens with zero attached hydrogens (tertiary/aromatic N) is 4. The van der Waals surface area contributed by atoms with Crippen molar-refractivity contribution in [3.8, 4) is 0 Å². The maximum Gasteiger partial charge on any atom is 0.338 e. The van der Waals surface area contributed by atoms with E-state index < -0.39 is 23.6 Å². The molecule has 14 heteroatoms. The van der Waals surface area contributed by atoms with Crippen molar-refractivity contribution in [3.63, 3.8) is 0 Å². The second-order valence-electron chi connectivity index (χ2n) is 5.83. The zero-order chi connectivity index (χ0) is 21.9. The van der Waals surface area contributed by atoms with Gasteiger partial charge in [-0.05, 0) is 6.07 Å². The molecule has 2 aliphatic heterocycles. The summed E-state index contributed by atoms with van der Waals surface area (Å²) in [6.45, 7) is 0. The first-order valence-electron chi connectivity index (χ1n) is 7.73. The van der Waals surface area contributed by atoms with Gasteiger partial charge in [-0.25, -0.2) is 20.0 Å². The number of carbonyl (C=O) groups excluding carboxylic acids is 4. The molecular formula is C16H4Cl4N6O4. The van der Waals surface area contributed by atoms with E-state index in [4.69, 9.17) is 52.1 Å². The zero-order valence-electron chi connectivity index (χ0n) is 14.1. The summed E-state index contributed by atoms with van der Waals surface area (Å²) in [7, 11) is 0. The topological polar surface area (TPSA) is 156 Å². The predicted octanol–water partition coefficient (Wildman–Crippen LogP) is 0.238. The van der Waals surface area contributed by atoms with Crippen LogP contribution in [0.4, 0.5) is 17.1 Å². The molecule has 4 amide bonds. The first kappa shape index (κ1) is 20.4. The molecule has 2 heterocycles. The Hall–Kier alpha value is -2.92. The Morgan fingerprint density at radius 3 is 1.70 bits per heavy atom. The van der Waals surface area contributed by atoms with Gasteiger partial charge in [0.1, 0.15) is 16.1 Å². The summed E-state index contributed by atoms with van der Waals surface area (Å²) in [6.07, 6.45) is 0. The third-order valence-electron chi connectivity index (χ3n) is 4.00. The van der Waals surface area contributed by atoms with E-state index in [1.54, 1.807) is 0 Å². The summed E-state index contributed by atoms with van der Waals surface area (Å²) in [5.41, 5.74) is 5.96. The maximum atomic E-state index is 11.6. The van der Waals surface area contributed by atoms with Crippen molar-refractivity contribution in [2.75, 3.05) is 11.1 Å². The second kappa shape index (κ2) is 7.10. The number of nitrogen functional groups attached to an aromatic ring is 1. The molecule has 4 rings (SSSR count). The third-order valence-corrected chi connectivity index (χ3v) is 5.58. The van der Waals surface area contributed by atoms with Crippen molar-refractivity contribution in [3.05, 3.63) is 47.6 Å². The Balaban J connectivity index is 1.98. The van der Waals surface area contributed by atoms with E-state index in [0.717, 1.165) is 0 Å². The van der Waals surface area contributed by atoms with Gasteiger partial charge in [0.15, 0.2) is 0 Å². The molecule has 0 aliphatic carbocycles. The fourth-order valence-corrected chi connectivity index (χ4v) is 3.72. The van der Waals surface area contributed by atoms with Crippen molar-refractivity contribution < 1.29 is 19.2 Å². The molecular weight excluding hydrogens is 482 g/mol. The van der Waals surface area contributed by atoms with Crippen LogP contribution in [0.15, 0.2) is 26.0 Å². The number of nitrogens with two attached hydrogens (primary N) is 1. The van der Waals surface area contributed by atoms with Gasteiger partial charge in [0.25, 0.3) is 0 Å². The van der Waals surface area contributed by atoms with E-state index in [-0.39, 0.29) is 58.6 Å². The number of hydrogen-bond donors (Lipinski definition) is 2. The molecule has 3 N–H and O–H groups in total. The van der Waals surface area contributed by atoms with Crippen molar-refractivity contribution in [2.24, 2.45) is 20.0 Å². The van der Waals surface area contributed by atoms with Crippen LogP contribution >= 0.6 is 46.4 Å². The standard InChI is InChI=1S/C16H4Cl4N6O4/c17-4-5(18)11-12(26-16(30)15(29)25-11)7(20)10(4)23-8-2(21)1-3-9(6(8)19)24-14(28)13(27)22-3/h1,23H,21H2. The number of amides is 4. The van der Waals surface area contributed by atoms with Crippen LogP contribution in [-0.4, -0.2) is 23.6 Å². The number of halogens is 4. The summed E-state index contributed by atoms with van der Waals surface area (Å²) >= 11 is 25.0. The minimum absolute atomic E-state index is 0.00577. The van der Waals surface area contributed by atoms with Crippen LogP contribution in [0.2, 0.25) is 20.1 Å². The minimum Gasteiger partial charge on any atom is -0.397 e. The Morgan fingerprint density at radius 1 is 0.633 bits per heavy atom. The van der Waals surface area contributed by atoms with Crippen LogP contribution in [-0.2, 0) is 19.2 Å². The van der Waals surface area contributed by atoms with Crippen LogP contribution in [0, 0.1) is 0 Å². The Kier molecular flexibility index (Phi) is 4.82. The average molecular weight is 486 g/mol. The number of hydrogen-bond acceptors (Lipinski definition) is 6. The Labute approximate surface area is 184 Å². The number of anilines is 3. The van der Waals surface area contributed by atoms with E-state index in [0.29, 0.717) is 0 Å². The van der Waals surface area contributed by atoms with Gasteiger partial charge >= 0.3 is 23.6 Å². The number of benzene rings is 2. The lowest BCUT2D eigenvalue weighted by Gasteiger charge is -2.16. The molecule has 2 aliphatic rings. The van der Waals surface area contributed by atoms with Gasteiger partial charge in [-0.15, -0.1) is 0 Å². The molecule has 2 aromatic carbocycles. The van der Waals surface area contributed by atoms with Gasteiger partial charge in [0, 0.05) is 0 Å². The quantitative estimate of drug-likeness (QED) is 0.352. The van der Waals surface area contributed by atoms with Crippen molar-refractivity contribution in [1.29, 1.82) is 0 Å². The number of fused-ring (bicyclic) bond motifs is 2. The highest BCUT2D eigenvalue weighted by atomic mass is 35.5. The van der Waals surface area contributed by atoms with Gasteiger partial charge in [-0.3, -0.25) is 19.2 Å². The van der Waals surface area contributed by atoms with E-state index in [2.05, 4.69) is 25.3 Å². The van der Waals surface area contributed by atoms with E-state index in [9.17, 15) is 19.2 Å². The fraction of sp³-hybridized carbons (Fsp3) is 0. The summed E-state index contributed by atoms with van der Waals surface area (Å²) in [4.78, 5) is 60.4. The van der Waals surface area contributed by atoms with Gasteiger partial charge < -0.3 is 11.1 Å². The summed E-state index contributed by atoms with van der Waals surface area (Å²) < 4.78 is 0. The van der Waals surface area contributed by atoms with Crippen LogP contribution in [0.25, 0.3) is 0 Å². The molecule has 0 spiro atoms. The summed E-state index contributed by atoms with van der Waals surface area (Å²) in [5.74, 6) is -4.42. The first-order valence-corrected chi connectivity index (χ1v) is 9.24. The normalized spacial score (nSPS) is 14.8. The van der Waals surface area contributed by atoms with Crippen LogP contribution < -0.4 is 32.5 Å². The fourth-order valence-electron chi connectivity index (χ4n) is 2.64. The monoisotopic (exact) mass is 484 g/mol. The zero-order valence-corrected chi connectivity index (χ0v) is 17.1. The lowest BCUT2D eigenvalue weighted by atomic mass is 10.2. The highest BCUT2D eigenvalue weighted by Gasteiger charge is 2.25. The highest BCUT2D eigenvalue weighted by Crippen LogP contribution is 2.37. The molecule has 0 aromatic heterocycles. The highest BCUT2D eigenvalue weighted by molar-refractivity contribution is 6.47. The number of carbonyl (C=O) groups is 4. The maximum absolute atomic E-state index is 11.6. The number of rotatable bonds is 2. The van der Waals surface area contributed by atoms with Crippen LogP contribution in [0.1, 0.15) is 0 Å². The number of nitrogens with one attached hydrogen (secondary N) is 1. The molecule has 0 unspecified atom stereocenters. The molecule has 150 valence electrons.